The molecule has 0 saturated carbocycles. The number of hydrogen-bond acceptors (Lipinski definition) is 8. The summed E-state index contributed by atoms with van der Waals surface area (Å²) in [6.45, 7) is -1.48. The van der Waals surface area contributed by atoms with Gasteiger partial charge in [0.2, 0.25) is 0 Å². The van der Waals surface area contributed by atoms with Gasteiger partial charge in [-0.1, -0.05) is 0 Å². The standard InChI is InChI=1S/C12H17N3O8/c16-4-6-9(20)10(21)12(23-6,5-13-3-8(18)19)15-2-1-7(17)14-11(15)22/h1-2,6,9-10,13,16,20-21H,3-5H2,(H,18,19)(H,14,17,22)/t6-,9-,10-,12-/m1/s1. The molecule has 128 valence electrons. The number of aliphatic hydroxyl groups excluding tert-OH is 3. The number of rotatable bonds is 6. The van der Waals surface area contributed by atoms with Gasteiger partial charge in [0, 0.05) is 18.8 Å². The Kier molecular flexibility index (Phi) is 4.97. The molecule has 6 N–H and O–H groups in total. The Morgan fingerprint density at radius 2 is 2.13 bits per heavy atom. The van der Waals surface area contributed by atoms with Gasteiger partial charge in [0.15, 0.2) is 5.72 Å². The molecule has 0 unspecified atom stereocenters. The van der Waals surface area contributed by atoms with Gasteiger partial charge in [0.1, 0.15) is 18.3 Å². The normalized spacial score (nSPS) is 30.5. The van der Waals surface area contributed by atoms with Crippen LogP contribution in [0.4, 0.5) is 0 Å². The van der Waals surface area contributed by atoms with Crippen molar-refractivity contribution in [3.05, 3.63) is 33.1 Å². The Bertz CT molecular complexity index is 685. The number of nitrogens with zero attached hydrogens (tertiary/aromatic N) is 1. The molecular formula is C12H17N3O8. The molecule has 0 radical (unpaired) electrons. The molecule has 0 aliphatic carbocycles. The lowest BCUT2D eigenvalue weighted by Gasteiger charge is -2.33. The minimum absolute atomic E-state index is 0.361. The zero-order valence-electron chi connectivity index (χ0n) is 11.9. The number of hydrogen-bond donors (Lipinski definition) is 6. The van der Waals surface area contributed by atoms with Crippen LogP contribution in [0.25, 0.3) is 0 Å². The summed E-state index contributed by atoms with van der Waals surface area (Å²) in [5, 5.41) is 40.6. The first kappa shape index (κ1) is 17.3. The molecule has 1 aliphatic heterocycles. The number of ether oxygens (including phenoxy) is 1. The van der Waals surface area contributed by atoms with Gasteiger partial charge in [-0.2, -0.15) is 0 Å². The molecule has 1 aliphatic rings. The monoisotopic (exact) mass is 331 g/mol. The maximum Gasteiger partial charge on any atom is 0.330 e. The lowest BCUT2D eigenvalue weighted by atomic mass is 10.0. The van der Waals surface area contributed by atoms with Gasteiger partial charge in [-0.25, -0.2) is 4.79 Å². The summed E-state index contributed by atoms with van der Waals surface area (Å²) in [4.78, 5) is 35.8. The number of nitrogens with one attached hydrogen (secondary N) is 2. The van der Waals surface area contributed by atoms with Crippen molar-refractivity contribution in [2.45, 2.75) is 24.0 Å². The van der Waals surface area contributed by atoms with E-state index in [1.807, 2.05) is 4.98 Å². The molecule has 1 fully saturated rings. The maximum atomic E-state index is 12.0. The summed E-state index contributed by atoms with van der Waals surface area (Å²) in [7, 11) is 0. The van der Waals surface area contributed by atoms with Crippen molar-refractivity contribution < 1.29 is 30.0 Å². The predicted molar refractivity (Wildman–Crippen MR) is 73.8 cm³/mol. The average Bonchev–Trinajstić information content (AvgIpc) is 2.72. The first-order chi connectivity index (χ1) is 10.8. The summed E-state index contributed by atoms with van der Waals surface area (Å²) < 4.78 is 6.29. The van der Waals surface area contributed by atoms with Crippen LogP contribution in [0.5, 0.6) is 0 Å². The fourth-order valence-electron chi connectivity index (χ4n) is 2.51. The summed E-state index contributed by atoms with van der Waals surface area (Å²) in [6, 6.07) is 1.01. The Hall–Kier alpha value is -2.05. The van der Waals surface area contributed by atoms with E-state index in [-0.39, 0.29) is 6.54 Å². The van der Waals surface area contributed by atoms with E-state index in [1.165, 1.54) is 0 Å². The number of aromatic nitrogens is 2. The van der Waals surface area contributed by atoms with Crippen LogP contribution in [0, 0.1) is 0 Å². The van der Waals surface area contributed by atoms with Gasteiger partial charge < -0.3 is 30.5 Å². The molecule has 11 heteroatoms. The van der Waals surface area contributed by atoms with Gasteiger partial charge in [-0.05, 0) is 0 Å². The van der Waals surface area contributed by atoms with Crippen molar-refractivity contribution in [3.63, 3.8) is 0 Å². The van der Waals surface area contributed by atoms with Crippen LogP contribution < -0.4 is 16.6 Å². The van der Waals surface area contributed by atoms with E-state index >= 15 is 0 Å². The minimum atomic E-state index is -1.89. The van der Waals surface area contributed by atoms with E-state index in [4.69, 9.17) is 9.84 Å². The quantitative estimate of drug-likeness (QED) is 0.303. The third-order valence-electron chi connectivity index (χ3n) is 3.59. The second-order valence-electron chi connectivity index (χ2n) is 5.10. The van der Waals surface area contributed by atoms with Crippen molar-refractivity contribution in [2.75, 3.05) is 19.7 Å². The van der Waals surface area contributed by atoms with Crippen molar-refractivity contribution in [1.29, 1.82) is 0 Å². The molecule has 2 rings (SSSR count). The number of carboxylic acid groups (broad SMARTS) is 1. The molecule has 23 heavy (non-hydrogen) atoms. The number of aromatic amines is 1. The molecule has 1 saturated heterocycles. The maximum absolute atomic E-state index is 12.0. The Morgan fingerprint density at radius 1 is 1.43 bits per heavy atom. The molecule has 1 aromatic heterocycles. The Labute approximate surface area is 128 Å². The smallest absolute Gasteiger partial charge is 0.330 e. The van der Waals surface area contributed by atoms with E-state index < -0.39 is 54.4 Å². The van der Waals surface area contributed by atoms with E-state index in [2.05, 4.69) is 5.32 Å². The summed E-state index contributed by atoms with van der Waals surface area (Å²) in [5.41, 5.74) is -3.48. The summed E-state index contributed by atoms with van der Waals surface area (Å²) in [6.07, 6.45) is -3.29. The number of aliphatic hydroxyl groups is 3. The molecule has 4 atom stereocenters. The molecule has 0 spiro atoms. The summed E-state index contributed by atoms with van der Waals surface area (Å²) >= 11 is 0. The topological polar surface area (TPSA) is 174 Å². The molecule has 11 nitrogen and oxygen atoms in total. The first-order valence-electron chi connectivity index (χ1n) is 6.71. The van der Waals surface area contributed by atoms with Crippen molar-refractivity contribution in [2.24, 2.45) is 0 Å². The third kappa shape index (κ3) is 3.18. The molecule has 2 heterocycles. The summed E-state index contributed by atoms with van der Waals surface area (Å²) in [5.74, 6) is -1.18. The number of carboxylic acids is 1. The van der Waals surface area contributed by atoms with Gasteiger partial charge in [-0.15, -0.1) is 0 Å². The van der Waals surface area contributed by atoms with E-state index in [0.29, 0.717) is 0 Å². The van der Waals surface area contributed by atoms with Crippen LogP contribution in [0.3, 0.4) is 0 Å². The van der Waals surface area contributed by atoms with Crippen molar-refractivity contribution in [1.82, 2.24) is 14.9 Å². The second-order valence-corrected chi connectivity index (χ2v) is 5.10. The van der Waals surface area contributed by atoms with Crippen LogP contribution in [-0.4, -0.2) is 74.0 Å². The SMILES string of the molecule is O=C(O)CNC[C@@]1(n2ccc(=O)[nH]c2=O)O[C@H](CO)[C@@H](O)[C@H]1O. The molecule has 0 aromatic carbocycles. The van der Waals surface area contributed by atoms with Crippen molar-refractivity contribution in [3.8, 4) is 0 Å². The molecule has 1 aromatic rings. The molecule has 0 amide bonds. The average molecular weight is 331 g/mol. The largest absolute Gasteiger partial charge is 0.480 e. The van der Waals surface area contributed by atoms with Crippen LogP contribution in [-0.2, 0) is 15.3 Å². The highest BCUT2D eigenvalue weighted by Gasteiger charge is 2.55. The third-order valence-corrected chi connectivity index (χ3v) is 3.59. The first-order valence-corrected chi connectivity index (χ1v) is 6.71. The molecular weight excluding hydrogens is 314 g/mol. The predicted octanol–water partition coefficient (Wildman–Crippen LogP) is -4.02. The van der Waals surface area contributed by atoms with Crippen molar-refractivity contribution >= 4 is 5.97 Å². The number of aliphatic carboxylic acids is 1. The van der Waals surface area contributed by atoms with E-state index in [9.17, 15) is 29.7 Å². The molecule has 0 bridgehead atoms. The van der Waals surface area contributed by atoms with Crippen LogP contribution >= 0.6 is 0 Å². The highest BCUT2D eigenvalue weighted by molar-refractivity contribution is 5.69. The highest BCUT2D eigenvalue weighted by Crippen LogP contribution is 2.34. The van der Waals surface area contributed by atoms with Gasteiger partial charge >= 0.3 is 11.7 Å². The zero-order valence-corrected chi connectivity index (χ0v) is 11.9. The van der Waals surface area contributed by atoms with E-state index in [1.54, 1.807) is 0 Å². The van der Waals surface area contributed by atoms with Gasteiger partial charge in [0.05, 0.1) is 13.2 Å². The van der Waals surface area contributed by atoms with Crippen LogP contribution in [0.1, 0.15) is 0 Å². The van der Waals surface area contributed by atoms with Gasteiger partial charge in [-0.3, -0.25) is 19.1 Å². The Balaban J connectivity index is 2.45. The Morgan fingerprint density at radius 3 is 2.65 bits per heavy atom. The lowest BCUT2D eigenvalue weighted by Crippen LogP contribution is -2.57. The van der Waals surface area contributed by atoms with E-state index in [0.717, 1.165) is 16.8 Å². The second kappa shape index (κ2) is 6.60. The van der Waals surface area contributed by atoms with Gasteiger partial charge in [0.25, 0.3) is 5.56 Å². The fourth-order valence-corrected chi connectivity index (χ4v) is 2.51. The number of carbonyl (C=O) groups is 1. The fraction of sp³-hybridized carbons (Fsp3) is 0.583. The highest BCUT2D eigenvalue weighted by atomic mass is 16.6. The zero-order chi connectivity index (χ0) is 17.2. The van der Waals surface area contributed by atoms with Crippen LogP contribution in [0.2, 0.25) is 0 Å². The number of H-pyrrole nitrogens is 1. The minimum Gasteiger partial charge on any atom is -0.480 e. The van der Waals surface area contributed by atoms with Crippen LogP contribution in [0.15, 0.2) is 21.9 Å². The lowest BCUT2D eigenvalue weighted by molar-refractivity contribution is -0.150.